The van der Waals surface area contributed by atoms with Gasteiger partial charge in [-0.2, -0.15) is 0 Å². The van der Waals surface area contributed by atoms with Crippen molar-refractivity contribution >= 4 is 11.9 Å². The van der Waals surface area contributed by atoms with Crippen LogP contribution in [0, 0.1) is 0 Å². The molecule has 2 heterocycles. The highest BCUT2D eigenvalue weighted by Crippen LogP contribution is 2.36. The molecule has 0 aliphatic carbocycles. The van der Waals surface area contributed by atoms with Crippen molar-refractivity contribution in [2.45, 2.75) is 32.1 Å². The van der Waals surface area contributed by atoms with Gasteiger partial charge >= 0.3 is 0 Å². The summed E-state index contributed by atoms with van der Waals surface area (Å²) in [5.74, 6) is 2.64. The van der Waals surface area contributed by atoms with E-state index in [4.69, 9.17) is 18.9 Å². The number of ether oxygens (including phenoxy) is 4. The molecule has 2 aliphatic rings. The Kier molecular flexibility index (Phi) is 7.32. The molecule has 6 nitrogen and oxygen atoms in total. The van der Waals surface area contributed by atoms with Gasteiger partial charge in [0.05, 0.1) is 26.4 Å². The maximum Gasteiger partial charge on any atom is 0.231 e. The number of unbranched alkanes of at least 4 members (excludes halogenated alkanes) is 1. The fraction of sp³-hybridized carbons (Fsp3) is 0.423. The molecule has 1 saturated heterocycles. The molecule has 0 amide bonds. The summed E-state index contributed by atoms with van der Waals surface area (Å²) in [5.41, 5.74) is 1.35. The summed E-state index contributed by atoms with van der Waals surface area (Å²) in [4.78, 5) is 15.3. The number of allylic oxidation sites excluding steroid dienone is 1. The summed E-state index contributed by atoms with van der Waals surface area (Å²) in [5, 5.41) is 0. The summed E-state index contributed by atoms with van der Waals surface area (Å²) in [6.45, 7) is 4.27. The first-order valence-electron chi connectivity index (χ1n) is 11.3. The number of hydrogen-bond donors (Lipinski definition) is 0. The molecule has 32 heavy (non-hydrogen) atoms. The minimum Gasteiger partial charge on any atom is -0.493 e. The van der Waals surface area contributed by atoms with Crippen LogP contribution in [0.2, 0.25) is 0 Å². The average Bonchev–Trinajstić information content (AvgIpc) is 3.13. The van der Waals surface area contributed by atoms with E-state index in [1.165, 1.54) is 32.4 Å². The van der Waals surface area contributed by atoms with Gasteiger partial charge in [0.1, 0.15) is 11.5 Å². The zero-order chi connectivity index (χ0) is 22.3. The molecule has 0 bridgehead atoms. The van der Waals surface area contributed by atoms with Gasteiger partial charge in [-0.1, -0.05) is 12.5 Å². The predicted octanol–water partition coefficient (Wildman–Crippen LogP) is 4.96. The van der Waals surface area contributed by atoms with Gasteiger partial charge in [0, 0.05) is 6.07 Å². The second-order valence-electron chi connectivity index (χ2n) is 8.17. The van der Waals surface area contributed by atoms with E-state index in [-0.39, 0.29) is 11.5 Å². The van der Waals surface area contributed by atoms with E-state index in [1.807, 2.05) is 18.2 Å². The van der Waals surface area contributed by atoms with Crippen LogP contribution in [0.15, 0.2) is 42.2 Å². The first-order chi connectivity index (χ1) is 15.7. The minimum absolute atomic E-state index is 0.136. The van der Waals surface area contributed by atoms with Crippen LogP contribution in [-0.4, -0.2) is 51.1 Å². The van der Waals surface area contributed by atoms with Gasteiger partial charge in [-0.05, 0) is 81.2 Å². The molecule has 2 aliphatic heterocycles. The van der Waals surface area contributed by atoms with Crippen LogP contribution in [0.4, 0.5) is 0 Å². The van der Waals surface area contributed by atoms with Crippen molar-refractivity contribution in [3.8, 4) is 23.0 Å². The van der Waals surface area contributed by atoms with E-state index in [0.717, 1.165) is 30.7 Å². The lowest BCUT2D eigenvalue weighted by molar-refractivity contribution is 0.101. The van der Waals surface area contributed by atoms with Crippen molar-refractivity contribution in [3.05, 3.63) is 53.3 Å². The fourth-order valence-electron chi connectivity index (χ4n) is 4.16. The molecule has 0 saturated carbocycles. The topological polar surface area (TPSA) is 57.2 Å². The average molecular weight is 438 g/mol. The van der Waals surface area contributed by atoms with Crippen molar-refractivity contribution in [1.29, 1.82) is 0 Å². The molecule has 0 unspecified atom stereocenters. The lowest BCUT2D eigenvalue weighted by atomic mass is 10.1. The number of carbonyl (C=O) groups is 1. The maximum atomic E-state index is 12.7. The van der Waals surface area contributed by atoms with Crippen molar-refractivity contribution in [1.82, 2.24) is 4.90 Å². The first kappa shape index (κ1) is 22.2. The largest absolute Gasteiger partial charge is 0.493 e. The van der Waals surface area contributed by atoms with Crippen LogP contribution in [0.3, 0.4) is 0 Å². The highest BCUT2D eigenvalue weighted by atomic mass is 16.5. The molecule has 170 valence electrons. The number of methoxy groups -OCH3 is 2. The number of likely N-dealkylation sites (tertiary alicyclic amines) is 1. The minimum atomic E-state index is -0.136. The fourth-order valence-corrected chi connectivity index (χ4v) is 4.16. The van der Waals surface area contributed by atoms with Crippen LogP contribution in [0.25, 0.3) is 6.08 Å². The summed E-state index contributed by atoms with van der Waals surface area (Å²) in [7, 11) is 3.17. The number of Topliss-reactive ketones (excluding diaryl/α,β-unsaturated/α-hetero) is 1. The number of ketones is 1. The molecular formula is C26H31NO5. The molecule has 6 heteroatoms. The number of hydrogen-bond acceptors (Lipinski definition) is 6. The smallest absolute Gasteiger partial charge is 0.231 e. The summed E-state index contributed by atoms with van der Waals surface area (Å²) >= 11 is 0. The van der Waals surface area contributed by atoms with E-state index in [2.05, 4.69) is 4.90 Å². The van der Waals surface area contributed by atoms with Crippen LogP contribution < -0.4 is 18.9 Å². The van der Waals surface area contributed by atoms with Gasteiger partial charge in [0.15, 0.2) is 17.3 Å². The molecule has 0 atom stereocenters. The zero-order valence-electron chi connectivity index (χ0n) is 18.9. The van der Waals surface area contributed by atoms with Gasteiger partial charge in [-0.3, -0.25) is 4.79 Å². The second kappa shape index (κ2) is 10.6. The van der Waals surface area contributed by atoms with Crippen molar-refractivity contribution < 1.29 is 23.7 Å². The molecule has 0 N–H and O–H groups in total. The molecule has 0 aromatic heterocycles. The standard InChI is InChI=1S/C26H31NO5/c1-29-22-11-8-19(16-24(22)30-2)17-25-26(28)21-10-9-20(18-23(21)32-25)31-15-7-6-14-27-12-4-3-5-13-27/h8-11,16-18H,3-7,12-15H2,1-2H3/b25-17-. The lowest BCUT2D eigenvalue weighted by Crippen LogP contribution is -2.30. The Labute approximate surface area is 189 Å². The lowest BCUT2D eigenvalue weighted by Gasteiger charge is -2.26. The third-order valence-electron chi connectivity index (χ3n) is 5.93. The third kappa shape index (κ3) is 5.25. The highest BCUT2D eigenvalue weighted by molar-refractivity contribution is 6.14. The highest BCUT2D eigenvalue weighted by Gasteiger charge is 2.27. The van der Waals surface area contributed by atoms with E-state index < -0.39 is 0 Å². The zero-order valence-corrected chi connectivity index (χ0v) is 18.9. The molecule has 0 spiro atoms. The Morgan fingerprint density at radius 1 is 0.969 bits per heavy atom. The molecule has 0 radical (unpaired) electrons. The third-order valence-corrected chi connectivity index (χ3v) is 5.93. The van der Waals surface area contributed by atoms with Gasteiger partial charge in [0.2, 0.25) is 5.78 Å². The summed E-state index contributed by atoms with van der Waals surface area (Å²) in [6, 6.07) is 10.9. The predicted molar refractivity (Wildman–Crippen MR) is 124 cm³/mol. The van der Waals surface area contributed by atoms with Crippen LogP contribution in [-0.2, 0) is 0 Å². The monoisotopic (exact) mass is 437 g/mol. The number of benzene rings is 2. The number of carbonyl (C=O) groups excluding carboxylic acids is 1. The molecule has 4 rings (SSSR count). The van der Waals surface area contributed by atoms with Gasteiger partial charge in [-0.25, -0.2) is 0 Å². The van der Waals surface area contributed by atoms with E-state index in [1.54, 1.807) is 38.5 Å². The van der Waals surface area contributed by atoms with Crippen molar-refractivity contribution in [2.75, 3.05) is 40.5 Å². The molecule has 2 aromatic rings. The Bertz CT molecular complexity index is 978. The second-order valence-corrected chi connectivity index (χ2v) is 8.17. The van der Waals surface area contributed by atoms with Crippen LogP contribution >= 0.6 is 0 Å². The van der Waals surface area contributed by atoms with Gasteiger partial charge in [-0.15, -0.1) is 0 Å². The van der Waals surface area contributed by atoms with Crippen LogP contribution in [0.5, 0.6) is 23.0 Å². The number of fused-ring (bicyclic) bond motifs is 1. The molecular weight excluding hydrogens is 406 g/mol. The van der Waals surface area contributed by atoms with E-state index >= 15 is 0 Å². The Hall–Kier alpha value is -2.99. The van der Waals surface area contributed by atoms with E-state index in [9.17, 15) is 4.79 Å². The first-order valence-corrected chi connectivity index (χ1v) is 11.3. The Morgan fingerprint density at radius 3 is 2.56 bits per heavy atom. The number of nitrogens with zero attached hydrogens (tertiary/aromatic N) is 1. The summed E-state index contributed by atoms with van der Waals surface area (Å²) < 4.78 is 22.4. The maximum absolute atomic E-state index is 12.7. The summed E-state index contributed by atoms with van der Waals surface area (Å²) in [6.07, 6.45) is 7.88. The Morgan fingerprint density at radius 2 is 1.78 bits per heavy atom. The van der Waals surface area contributed by atoms with Gasteiger partial charge in [0.25, 0.3) is 0 Å². The van der Waals surface area contributed by atoms with Crippen LogP contribution in [0.1, 0.15) is 48.0 Å². The van der Waals surface area contributed by atoms with Crippen molar-refractivity contribution in [3.63, 3.8) is 0 Å². The molecule has 2 aromatic carbocycles. The van der Waals surface area contributed by atoms with E-state index in [0.29, 0.717) is 29.4 Å². The molecule has 1 fully saturated rings. The Balaban J connectivity index is 1.33. The normalized spacial score (nSPS) is 17.2. The SMILES string of the molecule is COc1ccc(/C=C2\Oc3cc(OCCCCN4CCCCC4)ccc3C2=O)cc1OC. The number of piperidine rings is 1. The quantitative estimate of drug-likeness (QED) is 0.408. The number of rotatable bonds is 9. The van der Waals surface area contributed by atoms with Gasteiger partial charge < -0.3 is 23.8 Å². The van der Waals surface area contributed by atoms with Crippen molar-refractivity contribution in [2.24, 2.45) is 0 Å².